The minimum atomic E-state index is -0.0371. The summed E-state index contributed by atoms with van der Waals surface area (Å²) in [5.41, 5.74) is 2.80. The molecule has 1 amide bonds. The van der Waals surface area contributed by atoms with E-state index in [2.05, 4.69) is 25.3 Å². The third-order valence-corrected chi connectivity index (χ3v) is 3.62. The van der Waals surface area contributed by atoms with E-state index >= 15 is 0 Å². The van der Waals surface area contributed by atoms with Gasteiger partial charge in [-0.3, -0.25) is 4.79 Å². The smallest absolute Gasteiger partial charge is 0.253 e. The number of rotatable bonds is 9. The highest BCUT2D eigenvalue weighted by molar-refractivity contribution is 6.04. The molecule has 0 radical (unpaired) electrons. The summed E-state index contributed by atoms with van der Waals surface area (Å²) >= 11 is 0. The summed E-state index contributed by atoms with van der Waals surface area (Å²) in [5, 5.41) is 0. The highest BCUT2D eigenvalue weighted by Crippen LogP contribution is 2.17. The number of amides is 1. The Morgan fingerprint density at radius 2 is 1.76 bits per heavy atom. The van der Waals surface area contributed by atoms with Gasteiger partial charge >= 0.3 is 0 Å². The van der Waals surface area contributed by atoms with Gasteiger partial charge in [-0.05, 0) is 50.3 Å². The number of carbonyl (C=O) groups is 1. The third kappa shape index (κ3) is 5.99. The van der Waals surface area contributed by atoms with Crippen molar-refractivity contribution >= 4 is 11.6 Å². The van der Waals surface area contributed by atoms with E-state index in [1.165, 1.54) is 31.2 Å². The van der Waals surface area contributed by atoms with Crippen LogP contribution in [-0.4, -0.2) is 13.0 Å². The van der Waals surface area contributed by atoms with Crippen molar-refractivity contribution in [2.75, 3.05) is 11.9 Å². The van der Waals surface area contributed by atoms with E-state index in [1.807, 2.05) is 18.2 Å². The fourth-order valence-electron chi connectivity index (χ4n) is 2.26. The van der Waals surface area contributed by atoms with Gasteiger partial charge in [-0.2, -0.15) is 0 Å². The average molecular weight is 285 g/mol. The summed E-state index contributed by atoms with van der Waals surface area (Å²) in [6, 6.07) is 8.24. The van der Waals surface area contributed by atoms with Crippen LogP contribution < -0.4 is 4.90 Å². The number of anilines is 1. The predicted octanol–water partition coefficient (Wildman–Crippen LogP) is 4.90. The zero-order valence-electron chi connectivity index (χ0n) is 13.4. The van der Waals surface area contributed by atoms with Gasteiger partial charge in [0.2, 0.25) is 0 Å². The molecule has 0 aliphatic carbocycles. The van der Waals surface area contributed by atoms with Crippen LogP contribution in [0.1, 0.15) is 44.6 Å². The molecule has 2 heteroatoms. The van der Waals surface area contributed by atoms with Crippen molar-refractivity contribution in [1.29, 1.82) is 0 Å². The second-order valence-electron chi connectivity index (χ2n) is 5.55. The quantitative estimate of drug-likeness (QED) is 0.359. The molecule has 1 aromatic rings. The third-order valence-electron chi connectivity index (χ3n) is 3.62. The number of nitrogens with zero attached hydrogens (tertiary/aromatic N) is 1. The molecular weight excluding hydrogens is 258 g/mol. The summed E-state index contributed by atoms with van der Waals surface area (Å²) in [4.78, 5) is 13.5. The fourth-order valence-corrected chi connectivity index (χ4v) is 2.26. The topological polar surface area (TPSA) is 20.3 Å². The normalized spacial score (nSPS) is 10.2. The molecule has 0 saturated carbocycles. The second-order valence-corrected chi connectivity index (χ2v) is 5.55. The maximum absolute atomic E-state index is 11.8. The summed E-state index contributed by atoms with van der Waals surface area (Å²) in [7, 11) is 1.78. The molecule has 21 heavy (non-hydrogen) atoms. The van der Waals surface area contributed by atoms with Crippen LogP contribution in [0.5, 0.6) is 0 Å². The van der Waals surface area contributed by atoms with Crippen LogP contribution in [-0.2, 0) is 11.2 Å². The molecule has 0 heterocycles. The Bertz CT molecular complexity index is 473. The fraction of sp³-hybridized carbons (Fsp3) is 0.421. The van der Waals surface area contributed by atoms with Gasteiger partial charge in [-0.15, -0.1) is 6.58 Å². The molecule has 0 aliphatic heterocycles. The number of aryl methyl sites for hydroxylation is 1. The van der Waals surface area contributed by atoms with Crippen molar-refractivity contribution in [2.45, 2.75) is 45.4 Å². The van der Waals surface area contributed by atoms with E-state index in [9.17, 15) is 4.79 Å². The summed E-state index contributed by atoms with van der Waals surface area (Å²) < 4.78 is 0. The second kappa shape index (κ2) is 9.17. The van der Waals surface area contributed by atoms with E-state index in [-0.39, 0.29) is 5.91 Å². The Hall–Kier alpha value is -1.83. The van der Waals surface area contributed by atoms with Gasteiger partial charge < -0.3 is 4.90 Å². The summed E-state index contributed by atoms with van der Waals surface area (Å²) in [6.07, 6.45) is 9.22. The standard InChI is InChI=1S/C19H27NO/c1-5-6-7-8-9-10-11-17-12-14-18(15-13-17)20(4)19(21)16(2)3/h5,12-15H,1-2,6-11H2,3-4H3. The zero-order chi connectivity index (χ0) is 15.7. The minimum absolute atomic E-state index is 0.0371. The number of hydrogen-bond acceptors (Lipinski definition) is 1. The molecular formula is C19H27NO. The van der Waals surface area contributed by atoms with E-state index in [0.29, 0.717) is 5.57 Å². The van der Waals surface area contributed by atoms with E-state index < -0.39 is 0 Å². The van der Waals surface area contributed by atoms with Crippen molar-refractivity contribution in [2.24, 2.45) is 0 Å². The van der Waals surface area contributed by atoms with Gasteiger partial charge in [0.05, 0.1) is 0 Å². The molecule has 0 aromatic heterocycles. The lowest BCUT2D eigenvalue weighted by Gasteiger charge is -2.17. The molecule has 2 nitrogen and oxygen atoms in total. The van der Waals surface area contributed by atoms with Crippen LogP contribution in [0, 0.1) is 0 Å². The Morgan fingerprint density at radius 3 is 2.33 bits per heavy atom. The van der Waals surface area contributed by atoms with Gasteiger partial charge in [-0.25, -0.2) is 0 Å². The molecule has 0 fully saturated rings. The van der Waals surface area contributed by atoms with E-state index in [4.69, 9.17) is 0 Å². The lowest BCUT2D eigenvalue weighted by Crippen LogP contribution is -2.26. The maximum Gasteiger partial charge on any atom is 0.253 e. The molecule has 0 saturated heterocycles. The van der Waals surface area contributed by atoms with Crippen LogP contribution in [0.4, 0.5) is 5.69 Å². The SMILES string of the molecule is C=CCCCCCCc1ccc(N(C)C(=O)C(=C)C)cc1. The Morgan fingerprint density at radius 1 is 1.14 bits per heavy atom. The molecule has 0 atom stereocenters. The first-order valence-electron chi connectivity index (χ1n) is 7.69. The zero-order valence-corrected chi connectivity index (χ0v) is 13.4. The predicted molar refractivity (Wildman–Crippen MR) is 91.7 cm³/mol. The molecule has 1 rings (SSSR count). The number of hydrogen-bond donors (Lipinski definition) is 0. The Balaban J connectivity index is 2.41. The largest absolute Gasteiger partial charge is 0.312 e. The summed E-state index contributed by atoms with van der Waals surface area (Å²) in [6.45, 7) is 9.17. The van der Waals surface area contributed by atoms with Crippen molar-refractivity contribution in [3.8, 4) is 0 Å². The number of likely N-dealkylation sites (N-methyl/N-ethyl adjacent to an activating group) is 1. The number of unbranched alkanes of at least 4 members (excludes halogenated alkanes) is 4. The number of carbonyl (C=O) groups excluding carboxylic acids is 1. The van der Waals surface area contributed by atoms with Crippen LogP contribution in [0.25, 0.3) is 0 Å². The first kappa shape index (κ1) is 17.2. The lowest BCUT2D eigenvalue weighted by molar-refractivity contribution is -0.114. The number of benzene rings is 1. The molecule has 0 N–H and O–H groups in total. The van der Waals surface area contributed by atoms with Crippen LogP contribution in [0.3, 0.4) is 0 Å². The van der Waals surface area contributed by atoms with Crippen molar-refractivity contribution < 1.29 is 4.79 Å². The number of allylic oxidation sites excluding steroid dienone is 1. The molecule has 0 spiro atoms. The average Bonchev–Trinajstić information content (AvgIpc) is 2.49. The van der Waals surface area contributed by atoms with Crippen LogP contribution in [0.15, 0.2) is 49.1 Å². The van der Waals surface area contributed by atoms with Gasteiger partial charge in [0, 0.05) is 18.3 Å². The summed E-state index contributed by atoms with van der Waals surface area (Å²) in [5.74, 6) is -0.0371. The van der Waals surface area contributed by atoms with Crippen molar-refractivity contribution in [3.63, 3.8) is 0 Å². The van der Waals surface area contributed by atoms with E-state index in [0.717, 1.165) is 18.5 Å². The first-order valence-corrected chi connectivity index (χ1v) is 7.69. The molecule has 0 unspecified atom stereocenters. The molecule has 1 aromatic carbocycles. The highest BCUT2D eigenvalue weighted by Gasteiger charge is 2.10. The van der Waals surface area contributed by atoms with Crippen molar-refractivity contribution in [3.05, 3.63) is 54.6 Å². The molecule has 0 aliphatic rings. The highest BCUT2D eigenvalue weighted by atomic mass is 16.2. The van der Waals surface area contributed by atoms with Crippen LogP contribution in [0.2, 0.25) is 0 Å². The van der Waals surface area contributed by atoms with Gasteiger partial charge in [-0.1, -0.05) is 37.6 Å². The minimum Gasteiger partial charge on any atom is -0.312 e. The van der Waals surface area contributed by atoms with Crippen molar-refractivity contribution in [1.82, 2.24) is 0 Å². The lowest BCUT2D eigenvalue weighted by atomic mass is 10.0. The van der Waals surface area contributed by atoms with E-state index in [1.54, 1.807) is 18.9 Å². The first-order chi connectivity index (χ1) is 10.1. The monoisotopic (exact) mass is 285 g/mol. The Kier molecular flexibility index (Phi) is 7.52. The van der Waals surface area contributed by atoms with Crippen LogP contribution >= 0.6 is 0 Å². The molecule has 0 bridgehead atoms. The maximum atomic E-state index is 11.8. The molecule has 114 valence electrons. The van der Waals surface area contributed by atoms with Gasteiger partial charge in [0.1, 0.15) is 0 Å². The van der Waals surface area contributed by atoms with Gasteiger partial charge in [0.15, 0.2) is 0 Å². The van der Waals surface area contributed by atoms with Gasteiger partial charge in [0.25, 0.3) is 5.91 Å². The Labute approximate surface area is 129 Å².